The van der Waals surface area contributed by atoms with Gasteiger partial charge in [0.25, 0.3) is 0 Å². The fraction of sp³-hybridized carbons (Fsp3) is 0.143. The van der Waals surface area contributed by atoms with Crippen molar-refractivity contribution in [2.24, 2.45) is 0 Å². The zero-order valence-electron chi connectivity index (χ0n) is 24.5. The molecule has 5 rings (SSSR count). The lowest BCUT2D eigenvalue weighted by Crippen LogP contribution is -2.39. The van der Waals surface area contributed by atoms with E-state index in [9.17, 15) is 9.65 Å². The van der Waals surface area contributed by atoms with E-state index in [1.54, 1.807) is 25.3 Å². The minimum absolute atomic E-state index is 0.0358. The number of aromatic nitrogens is 1. The first kappa shape index (κ1) is 30.4. The van der Waals surface area contributed by atoms with E-state index >= 15 is 0 Å². The van der Waals surface area contributed by atoms with Crippen LogP contribution in [0.3, 0.4) is 0 Å². The number of rotatable bonds is 11. The summed E-state index contributed by atoms with van der Waals surface area (Å²) >= 11 is 6.81. The number of allylic oxidation sites excluding steroid dienone is 3. The van der Waals surface area contributed by atoms with E-state index in [2.05, 4.69) is 58.3 Å². The van der Waals surface area contributed by atoms with Gasteiger partial charge in [0.15, 0.2) is 0 Å². The van der Waals surface area contributed by atoms with Gasteiger partial charge in [0.2, 0.25) is 0 Å². The molecule has 1 aliphatic heterocycles. The summed E-state index contributed by atoms with van der Waals surface area (Å²) in [4.78, 5) is 4.51. The smallest absolute Gasteiger partial charge is 0.118 e. The molecule has 1 aromatic heterocycles. The number of para-hydroxylation sites is 1. The highest BCUT2D eigenvalue weighted by molar-refractivity contribution is 6.35. The van der Waals surface area contributed by atoms with E-state index < -0.39 is 6.04 Å². The van der Waals surface area contributed by atoms with Gasteiger partial charge in [-0.3, -0.25) is 9.99 Å². The molecule has 0 spiro atoms. The van der Waals surface area contributed by atoms with Crippen molar-refractivity contribution in [3.8, 4) is 6.07 Å². The average molecular weight is 606 g/mol. The number of benzene rings is 3. The van der Waals surface area contributed by atoms with Gasteiger partial charge in [0.05, 0.1) is 45.3 Å². The summed E-state index contributed by atoms with van der Waals surface area (Å²) in [5.41, 5.74) is 12.0. The third kappa shape index (κ3) is 6.76. The Labute approximate surface area is 262 Å². The van der Waals surface area contributed by atoms with Crippen LogP contribution in [0.15, 0.2) is 127 Å². The first-order valence-electron chi connectivity index (χ1n) is 14.3. The lowest BCUT2D eigenvalue weighted by atomic mass is 10.0. The van der Waals surface area contributed by atoms with Gasteiger partial charge in [0, 0.05) is 23.5 Å². The average Bonchev–Trinajstić information content (AvgIpc) is 3.55. The molecule has 2 atom stereocenters. The highest BCUT2D eigenvalue weighted by atomic mass is 35.5. The van der Waals surface area contributed by atoms with Crippen LogP contribution in [0, 0.1) is 11.3 Å². The molecule has 0 amide bonds. The molecule has 222 valence electrons. The SMILES string of the molecule is C=C(/C=C\C(F)=C/C)[C@H](Nc1cc(Cl)c2ncc(C#N)c(N[C@H](CC)c3ccccc3)c2c1)C1=CN(c2ccccc2)NN1. The molecule has 0 aliphatic carbocycles. The van der Waals surface area contributed by atoms with Crippen molar-refractivity contribution in [2.75, 3.05) is 15.6 Å². The predicted octanol–water partition coefficient (Wildman–Crippen LogP) is 8.46. The Morgan fingerprint density at radius 3 is 2.52 bits per heavy atom. The number of hydrogen-bond acceptors (Lipinski definition) is 7. The number of hydrazine groups is 2. The topological polar surface area (TPSA) is 88.0 Å². The first-order valence-corrected chi connectivity index (χ1v) is 14.7. The van der Waals surface area contributed by atoms with Crippen molar-refractivity contribution in [2.45, 2.75) is 32.4 Å². The predicted molar refractivity (Wildman–Crippen MR) is 178 cm³/mol. The third-order valence-corrected chi connectivity index (χ3v) is 7.61. The maximum absolute atomic E-state index is 14.0. The van der Waals surface area contributed by atoms with E-state index in [1.807, 2.05) is 65.8 Å². The first-order chi connectivity index (χ1) is 21.4. The number of nitrogens with one attached hydrogen (secondary N) is 4. The van der Waals surface area contributed by atoms with Gasteiger partial charge in [0.1, 0.15) is 11.9 Å². The Kier molecular flexibility index (Phi) is 9.60. The molecule has 4 aromatic rings. The van der Waals surface area contributed by atoms with Crippen LogP contribution in [0.2, 0.25) is 5.02 Å². The van der Waals surface area contributed by atoms with Crippen molar-refractivity contribution in [1.29, 1.82) is 5.26 Å². The molecule has 3 aromatic carbocycles. The van der Waals surface area contributed by atoms with E-state index in [1.165, 1.54) is 12.2 Å². The molecule has 2 heterocycles. The second kappa shape index (κ2) is 13.9. The van der Waals surface area contributed by atoms with E-state index in [-0.39, 0.29) is 11.9 Å². The summed E-state index contributed by atoms with van der Waals surface area (Å²) in [7, 11) is 0. The molecule has 1 aliphatic rings. The number of halogens is 2. The Balaban J connectivity index is 1.55. The second-order valence-electron chi connectivity index (χ2n) is 10.2. The van der Waals surface area contributed by atoms with Crippen LogP contribution in [-0.2, 0) is 0 Å². The van der Waals surface area contributed by atoms with Gasteiger partial charge >= 0.3 is 0 Å². The fourth-order valence-corrected chi connectivity index (χ4v) is 5.25. The number of anilines is 3. The molecule has 0 saturated heterocycles. The molecule has 0 bridgehead atoms. The fourth-order valence-electron chi connectivity index (χ4n) is 4.98. The number of hydrogen-bond donors (Lipinski definition) is 4. The Morgan fingerprint density at radius 1 is 1.11 bits per heavy atom. The number of nitriles is 1. The zero-order valence-corrected chi connectivity index (χ0v) is 25.2. The largest absolute Gasteiger partial charge is 0.377 e. The molecular formula is C35H33ClFN7. The Morgan fingerprint density at radius 2 is 1.84 bits per heavy atom. The van der Waals surface area contributed by atoms with Crippen molar-refractivity contribution >= 4 is 39.6 Å². The van der Waals surface area contributed by atoms with Crippen LogP contribution >= 0.6 is 11.6 Å². The van der Waals surface area contributed by atoms with Crippen LogP contribution in [0.4, 0.5) is 21.5 Å². The van der Waals surface area contributed by atoms with Crippen LogP contribution in [0.5, 0.6) is 0 Å². The van der Waals surface area contributed by atoms with Crippen molar-refractivity contribution in [3.05, 3.63) is 143 Å². The maximum atomic E-state index is 14.0. The molecule has 0 radical (unpaired) electrons. The van der Waals surface area contributed by atoms with Crippen LogP contribution < -0.4 is 26.6 Å². The van der Waals surface area contributed by atoms with Gasteiger partial charge in [-0.2, -0.15) is 5.26 Å². The number of pyridine rings is 1. The molecule has 9 heteroatoms. The molecule has 4 N–H and O–H groups in total. The minimum atomic E-state index is -0.498. The van der Waals surface area contributed by atoms with Gasteiger partial charge < -0.3 is 16.1 Å². The normalized spacial score (nSPS) is 14.6. The minimum Gasteiger partial charge on any atom is -0.377 e. The lowest BCUT2D eigenvalue weighted by molar-refractivity contribution is 0.640. The van der Waals surface area contributed by atoms with Crippen LogP contribution in [0.1, 0.15) is 37.4 Å². The molecule has 0 fully saturated rings. The maximum Gasteiger partial charge on any atom is 0.118 e. The lowest BCUT2D eigenvalue weighted by Gasteiger charge is -2.24. The standard InChI is InChI=1S/C35H33ClFN7/c1-4-26(37)17-16-23(3)33(32-22-44(43-42-32)28-14-10-7-11-15-28)40-27-18-29-34(25(20-38)21-39-35(29)30(36)19-27)41-31(5-2)24-12-8-6-9-13-24/h4,6-19,21-22,31,33,40,42-43H,3,5H2,1-2H3,(H,39,41)/b17-16-,26-4+/t31-,33+/m1/s1. The monoisotopic (exact) mass is 605 g/mol. The van der Waals surface area contributed by atoms with E-state index in [4.69, 9.17) is 11.6 Å². The summed E-state index contributed by atoms with van der Waals surface area (Å²) in [5, 5.41) is 20.1. The van der Waals surface area contributed by atoms with Gasteiger partial charge in [-0.05, 0) is 54.8 Å². The van der Waals surface area contributed by atoms with Crippen molar-refractivity contribution in [3.63, 3.8) is 0 Å². The van der Waals surface area contributed by atoms with E-state index in [0.29, 0.717) is 38.4 Å². The van der Waals surface area contributed by atoms with Crippen LogP contribution in [-0.4, -0.2) is 11.0 Å². The molecule has 0 unspecified atom stereocenters. The van der Waals surface area contributed by atoms with Crippen molar-refractivity contribution < 1.29 is 4.39 Å². The number of fused-ring (bicyclic) bond motifs is 1. The molecule has 7 nitrogen and oxygen atoms in total. The summed E-state index contributed by atoms with van der Waals surface area (Å²) in [6.45, 7) is 7.97. The third-order valence-electron chi connectivity index (χ3n) is 7.32. The molecule has 0 saturated carbocycles. The summed E-state index contributed by atoms with van der Waals surface area (Å²) < 4.78 is 14.0. The van der Waals surface area contributed by atoms with Crippen LogP contribution in [0.25, 0.3) is 10.9 Å². The van der Waals surface area contributed by atoms with Crippen molar-refractivity contribution in [1.82, 2.24) is 15.9 Å². The highest BCUT2D eigenvalue weighted by Crippen LogP contribution is 2.36. The summed E-state index contributed by atoms with van der Waals surface area (Å²) in [6.07, 6.45) is 8.65. The summed E-state index contributed by atoms with van der Waals surface area (Å²) in [6, 6.07) is 25.4. The number of nitrogens with zero attached hydrogens (tertiary/aromatic N) is 3. The Hall–Kier alpha value is -5.10. The Bertz CT molecular complexity index is 1780. The molecule has 44 heavy (non-hydrogen) atoms. The summed E-state index contributed by atoms with van der Waals surface area (Å²) in [5.74, 6) is -0.370. The van der Waals surface area contributed by atoms with Gasteiger partial charge in [-0.25, -0.2) is 4.39 Å². The zero-order chi connectivity index (χ0) is 31.1. The van der Waals surface area contributed by atoms with Gasteiger partial charge in [-0.15, -0.1) is 5.53 Å². The quantitative estimate of drug-likeness (QED) is 0.128. The second-order valence-corrected chi connectivity index (χ2v) is 10.6. The van der Waals surface area contributed by atoms with E-state index in [0.717, 1.165) is 23.4 Å². The molecular weight excluding hydrogens is 573 g/mol. The highest BCUT2D eigenvalue weighted by Gasteiger charge is 2.24. The van der Waals surface area contributed by atoms with Gasteiger partial charge in [-0.1, -0.05) is 85.8 Å².